The van der Waals surface area contributed by atoms with Crippen LogP contribution in [-0.4, -0.2) is 35.7 Å². The Bertz CT molecular complexity index is 143. The molecule has 2 unspecified atom stereocenters. The lowest BCUT2D eigenvalue weighted by Crippen LogP contribution is -2.80. The SMILES string of the molecule is CC(O)C(O)C12OB(O1)O2. The van der Waals surface area contributed by atoms with Crippen molar-refractivity contribution in [3.05, 3.63) is 0 Å². The molecule has 3 heterocycles. The zero-order chi connectivity index (χ0) is 7.35. The quantitative estimate of drug-likeness (QED) is 0.461. The molecule has 6 heteroatoms. The summed E-state index contributed by atoms with van der Waals surface area (Å²) in [5.41, 5.74) is 0. The van der Waals surface area contributed by atoms with E-state index < -0.39 is 25.5 Å². The zero-order valence-electron chi connectivity index (χ0n) is 5.35. The predicted octanol–water partition coefficient (Wildman–Crippen LogP) is -1.56. The Labute approximate surface area is 57.7 Å². The van der Waals surface area contributed by atoms with Crippen molar-refractivity contribution >= 4 is 7.32 Å². The van der Waals surface area contributed by atoms with Crippen LogP contribution in [0.5, 0.6) is 0 Å². The fourth-order valence-electron chi connectivity index (χ4n) is 0.933. The molecule has 3 saturated heterocycles. The summed E-state index contributed by atoms with van der Waals surface area (Å²) in [6.07, 6.45) is -2.04. The number of aliphatic hydroxyl groups excluding tert-OH is 2. The molecule has 3 aliphatic rings. The highest BCUT2D eigenvalue weighted by Crippen LogP contribution is 2.45. The van der Waals surface area contributed by atoms with Gasteiger partial charge in [-0.3, -0.25) is 0 Å². The van der Waals surface area contributed by atoms with E-state index in [0.29, 0.717) is 0 Å². The standard InChI is InChI=1S/C4H7BO5/c1-2(6)3(7)4-8-5(9-4)10-4/h2-3,6-7H,1H3. The highest BCUT2D eigenvalue weighted by Gasteiger charge is 2.73. The Hall–Kier alpha value is -0.135. The van der Waals surface area contributed by atoms with E-state index in [9.17, 15) is 0 Å². The van der Waals surface area contributed by atoms with E-state index in [-0.39, 0.29) is 0 Å². The van der Waals surface area contributed by atoms with E-state index in [2.05, 4.69) is 0 Å². The molecular weight excluding hydrogens is 139 g/mol. The third-order valence-electron chi connectivity index (χ3n) is 1.60. The number of aliphatic hydroxyl groups is 2. The van der Waals surface area contributed by atoms with Crippen LogP contribution in [0.3, 0.4) is 0 Å². The summed E-state index contributed by atoms with van der Waals surface area (Å²) in [4.78, 5) is 0. The minimum atomic E-state index is -1.35. The molecule has 3 aliphatic heterocycles. The van der Waals surface area contributed by atoms with Gasteiger partial charge >= 0.3 is 7.32 Å². The van der Waals surface area contributed by atoms with Crippen LogP contribution in [0.25, 0.3) is 0 Å². The van der Waals surface area contributed by atoms with Crippen molar-refractivity contribution in [2.24, 2.45) is 0 Å². The Kier molecular flexibility index (Phi) is 1.13. The molecule has 56 valence electrons. The molecule has 2 bridgehead atoms. The van der Waals surface area contributed by atoms with Crippen molar-refractivity contribution in [3.8, 4) is 0 Å². The second-order valence-electron chi connectivity index (χ2n) is 2.43. The van der Waals surface area contributed by atoms with Crippen LogP contribution in [0.15, 0.2) is 0 Å². The molecular formula is C4H7BO5. The smallest absolute Gasteiger partial charge is 0.390 e. The molecule has 2 atom stereocenters. The first-order chi connectivity index (χ1) is 4.64. The first-order valence-corrected chi connectivity index (χ1v) is 3.04. The van der Waals surface area contributed by atoms with Crippen LogP contribution in [0.1, 0.15) is 6.92 Å². The lowest BCUT2D eigenvalue weighted by atomic mass is 9.96. The fraction of sp³-hybridized carbons (Fsp3) is 1.00. The highest BCUT2D eigenvalue weighted by molar-refractivity contribution is 6.43. The van der Waals surface area contributed by atoms with Gasteiger partial charge in [0, 0.05) is 0 Å². The molecule has 10 heavy (non-hydrogen) atoms. The average molecular weight is 146 g/mol. The van der Waals surface area contributed by atoms with E-state index in [1.54, 1.807) is 0 Å². The zero-order valence-corrected chi connectivity index (χ0v) is 5.35. The largest absolute Gasteiger partial charge is 0.651 e. The van der Waals surface area contributed by atoms with Gasteiger partial charge in [0.15, 0.2) is 6.10 Å². The van der Waals surface area contributed by atoms with Crippen LogP contribution in [0.2, 0.25) is 0 Å². The van der Waals surface area contributed by atoms with Gasteiger partial charge in [0.2, 0.25) is 0 Å². The van der Waals surface area contributed by atoms with E-state index in [4.69, 9.17) is 24.2 Å². The van der Waals surface area contributed by atoms with Gasteiger partial charge in [-0.05, 0) is 6.92 Å². The number of hydrogen-bond donors (Lipinski definition) is 2. The van der Waals surface area contributed by atoms with Crippen LogP contribution in [0.4, 0.5) is 0 Å². The molecule has 0 radical (unpaired) electrons. The van der Waals surface area contributed by atoms with Crippen molar-refractivity contribution in [2.75, 3.05) is 0 Å². The fourth-order valence-corrected chi connectivity index (χ4v) is 0.933. The van der Waals surface area contributed by atoms with Crippen molar-refractivity contribution in [1.29, 1.82) is 0 Å². The third kappa shape index (κ3) is 0.600. The van der Waals surface area contributed by atoms with Gasteiger partial charge in [-0.2, -0.15) is 0 Å². The number of hydrogen-bond acceptors (Lipinski definition) is 5. The summed E-state index contributed by atoms with van der Waals surface area (Å²) >= 11 is 0. The lowest BCUT2D eigenvalue weighted by molar-refractivity contribution is -0.494. The van der Waals surface area contributed by atoms with Crippen molar-refractivity contribution in [3.63, 3.8) is 0 Å². The minimum Gasteiger partial charge on any atom is -0.390 e. The van der Waals surface area contributed by atoms with Gasteiger partial charge in [-0.1, -0.05) is 0 Å². The van der Waals surface area contributed by atoms with Gasteiger partial charge in [0.25, 0.3) is 5.97 Å². The molecule has 3 rings (SSSR count). The Balaban J connectivity index is 1.98. The molecule has 0 amide bonds. The summed E-state index contributed by atoms with van der Waals surface area (Å²) in [7, 11) is -0.617. The van der Waals surface area contributed by atoms with Crippen molar-refractivity contribution < 1.29 is 24.2 Å². The first-order valence-electron chi connectivity index (χ1n) is 3.04. The average Bonchev–Trinajstić information content (AvgIpc) is 1.56. The van der Waals surface area contributed by atoms with Crippen molar-refractivity contribution in [1.82, 2.24) is 0 Å². The van der Waals surface area contributed by atoms with Gasteiger partial charge in [0.05, 0.1) is 6.10 Å². The summed E-state index contributed by atoms with van der Waals surface area (Å²) in [5.74, 6) is -1.35. The van der Waals surface area contributed by atoms with Gasteiger partial charge in [0.1, 0.15) is 0 Å². The Morgan fingerprint density at radius 1 is 1.30 bits per heavy atom. The van der Waals surface area contributed by atoms with Crippen LogP contribution >= 0.6 is 0 Å². The maximum atomic E-state index is 9.12. The maximum absolute atomic E-state index is 9.12. The van der Waals surface area contributed by atoms with Gasteiger partial charge in [-0.25, -0.2) is 0 Å². The number of rotatable bonds is 2. The van der Waals surface area contributed by atoms with E-state index >= 15 is 0 Å². The van der Waals surface area contributed by atoms with Gasteiger partial charge < -0.3 is 24.2 Å². The third-order valence-corrected chi connectivity index (χ3v) is 1.60. The summed E-state index contributed by atoms with van der Waals surface area (Å²) in [5, 5.41) is 18.0. The molecule has 0 aromatic carbocycles. The summed E-state index contributed by atoms with van der Waals surface area (Å²) in [6, 6.07) is 0. The highest BCUT2D eigenvalue weighted by atomic mass is 17.1. The molecule has 2 N–H and O–H groups in total. The predicted molar refractivity (Wildman–Crippen MR) is 29.4 cm³/mol. The maximum Gasteiger partial charge on any atom is 0.651 e. The van der Waals surface area contributed by atoms with E-state index in [1.807, 2.05) is 0 Å². The Morgan fingerprint density at radius 3 is 1.90 bits per heavy atom. The molecule has 5 nitrogen and oxygen atoms in total. The molecule has 3 fully saturated rings. The molecule has 0 aliphatic carbocycles. The summed E-state index contributed by atoms with van der Waals surface area (Å²) in [6.45, 7) is 1.43. The normalized spacial score (nSPS) is 32.1. The van der Waals surface area contributed by atoms with Crippen molar-refractivity contribution in [2.45, 2.75) is 25.1 Å². The van der Waals surface area contributed by atoms with Crippen LogP contribution in [0, 0.1) is 0 Å². The van der Waals surface area contributed by atoms with Crippen LogP contribution in [-0.2, 0) is 14.0 Å². The Morgan fingerprint density at radius 2 is 1.80 bits per heavy atom. The monoisotopic (exact) mass is 146 g/mol. The molecule has 0 spiro atoms. The summed E-state index contributed by atoms with van der Waals surface area (Å²) < 4.78 is 14.4. The first kappa shape index (κ1) is 6.57. The molecule has 0 aromatic rings. The van der Waals surface area contributed by atoms with Crippen LogP contribution < -0.4 is 0 Å². The molecule has 0 saturated carbocycles. The van der Waals surface area contributed by atoms with E-state index in [0.717, 1.165) is 0 Å². The second kappa shape index (κ2) is 1.72. The van der Waals surface area contributed by atoms with Gasteiger partial charge in [-0.15, -0.1) is 0 Å². The minimum absolute atomic E-state index is 0.617. The second-order valence-corrected chi connectivity index (χ2v) is 2.43. The molecule has 0 aromatic heterocycles. The van der Waals surface area contributed by atoms with E-state index in [1.165, 1.54) is 6.92 Å². The topological polar surface area (TPSA) is 68.2 Å². The lowest BCUT2D eigenvalue weighted by Gasteiger charge is -2.58.